The number of benzene rings is 2. The topological polar surface area (TPSA) is 84.4 Å². The predicted octanol–water partition coefficient (Wildman–Crippen LogP) is 5.97. The number of nitrogens with zero attached hydrogens (tertiary/aromatic N) is 3. The molecule has 3 aromatic rings. The number of nitrogens with one attached hydrogen (secondary N) is 2. The predicted molar refractivity (Wildman–Crippen MR) is 158 cm³/mol. The smallest absolute Gasteiger partial charge is 0.401 e. The zero-order valence-electron chi connectivity index (χ0n) is 24.6. The number of H-pyrrole nitrogens is 1. The van der Waals surface area contributed by atoms with Crippen LogP contribution in [0.3, 0.4) is 0 Å². The number of amides is 1. The number of aromatic amines is 1. The van der Waals surface area contributed by atoms with Crippen molar-refractivity contribution in [3.05, 3.63) is 64.8 Å². The summed E-state index contributed by atoms with van der Waals surface area (Å²) in [6.45, 7) is 3.84. The van der Waals surface area contributed by atoms with E-state index in [1.807, 2.05) is 30.5 Å². The van der Waals surface area contributed by atoms with E-state index in [1.54, 1.807) is 7.11 Å². The molecule has 1 amide bonds. The van der Waals surface area contributed by atoms with Gasteiger partial charge < -0.3 is 15.0 Å². The van der Waals surface area contributed by atoms with Gasteiger partial charge in [-0.25, -0.2) is 0 Å². The van der Waals surface area contributed by atoms with Crippen LogP contribution in [0.2, 0.25) is 0 Å². The van der Waals surface area contributed by atoms with Gasteiger partial charge in [0.2, 0.25) is 0 Å². The number of carbonyl (C=O) groups is 1. The highest BCUT2D eigenvalue weighted by atomic mass is 19.4. The third kappa shape index (κ3) is 6.11. The number of halogens is 3. The molecule has 3 heterocycles. The third-order valence-electron chi connectivity index (χ3n) is 9.78. The molecule has 0 radical (unpaired) electrons. The second kappa shape index (κ2) is 11.5. The number of alkyl halides is 3. The second-order valence-corrected chi connectivity index (χ2v) is 12.8. The number of hydrogen-bond donors (Lipinski definition) is 2. The highest BCUT2D eigenvalue weighted by Crippen LogP contribution is 2.57. The number of hydrogen-bond acceptors (Lipinski definition) is 5. The van der Waals surface area contributed by atoms with Crippen molar-refractivity contribution in [1.82, 2.24) is 20.1 Å². The molecule has 43 heavy (non-hydrogen) atoms. The Hall–Kier alpha value is -3.55. The van der Waals surface area contributed by atoms with Crippen LogP contribution in [-0.2, 0) is 6.54 Å². The Balaban J connectivity index is 1.16. The number of aryl methyl sites for hydroxylation is 1. The number of nitriles is 1. The van der Waals surface area contributed by atoms with Crippen LogP contribution in [0.5, 0.6) is 5.75 Å². The van der Waals surface area contributed by atoms with Gasteiger partial charge in [0, 0.05) is 72.3 Å². The van der Waals surface area contributed by atoms with Gasteiger partial charge in [-0.05, 0) is 80.0 Å². The molecular formula is C33H38F3N5O2. The first kappa shape index (κ1) is 29.5. The van der Waals surface area contributed by atoms with Crippen LogP contribution >= 0.6 is 0 Å². The van der Waals surface area contributed by atoms with Crippen LogP contribution in [0.25, 0.3) is 10.9 Å². The molecule has 1 aromatic heterocycles. The maximum Gasteiger partial charge on any atom is 0.401 e. The molecule has 7 nitrogen and oxygen atoms in total. The summed E-state index contributed by atoms with van der Waals surface area (Å²) in [5, 5.41) is 13.5. The number of ether oxygens (including phenoxy) is 1. The van der Waals surface area contributed by atoms with Gasteiger partial charge >= 0.3 is 6.18 Å². The van der Waals surface area contributed by atoms with Gasteiger partial charge in [-0.15, -0.1) is 0 Å². The fourth-order valence-electron chi connectivity index (χ4n) is 7.51. The van der Waals surface area contributed by atoms with Crippen molar-refractivity contribution in [2.45, 2.75) is 51.4 Å². The van der Waals surface area contributed by atoms with Crippen LogP contribution in [0.15, 0.2) is 42.6 Å². The molecular weight excluding hydrogens is 555 g/mol. The average Bonchev–Trinajstić information content (AvgIpc) is 3.45. The van der Waals surface area contributed by atoms with E-state index in [0.29, 0.717) is 25.2 Å². The fraction of sp³-hybridized carbons (Fsp3) is 0.515. The second-order valence-electron chi connectivity index (χ2n) is 12.8. The minimum absolute atomic E-state index is 0.0301. The summed E-state index contributed by atoms with van der Waals surface area (Å²) in [5.41, 5.74) is 5.23. The number of aromatic nitrogens is 1. The van der Waals surface area contributed by atoms with Crippen molar-refractivity contribution in [2.75, 3.05) is 39.8 Å². The Morgan fingerprint density at radius 2 is 1.93 bits per heavy atom. The van der Waals surface area contributed by atoms with Crippen molar-refractivity contribution >= 4 is 16.8 Å². The SMILES string of the molecule is COc1cc(C)c2[nH]ccc2c1CN1CCC2(CC(C#N)C2)C[C@H]1c1ccc(C(=O)NCC2CN(CC(F)(F)F)C2)cc1. The maximum atomic E-state index is 12.9. The summed E-state index contributed by atoms with van der Waals surface area (Å²) < 4.78 is 43.5. The first-order valence-electron chi connectivity index (χ1n) is 15.0. The highest BCUT2D eigenvalue weighted by Gasteiger charge is 2.49. The van der Waals surface area contributed by atoms with Crippen LogP contribution in [0, 0.1) is 35.5 Å². The molecule has 2 N–H and O–H groups in total. The summed E-state index contributed by atoms with van der Waals surface area (Å²) in [6, 6.07) is 14.5. The van der Waals surface area contributed by atoms with Crippen LogP contribution in [-0.4, -0.2) is 66.7 Å². The molecule has 0 bridgehead atoms. The van der Waals surface area contributed by atoms with E-state index in [0.717, 1.165) is 72.1 Å². The van der Waals surface area contributed by atoms with E-state index in [1.165, 1.54) is 4.90 Å². The first-order valence-corrected chi connectivity index (χ1v) is 15.0. The van der Waals surface area contributed by atoms with E-state index < -0.39 is 12.7 Å². The molecule has 3 aliphatic rings. The van der Waals surface area contributed by atoms with E-state index >= 15 is 0 Å². The van der Waals surface area contributed by atoms with Gasteiger partial charge in [0.25, 0.3) is 5.91 Å². The summed E-state index contributed by atoms with van der Waals surface area (Å²) in [5.74, 6) is 0.818. The van der Waals surface area contributed by atoms with E-state index in [-0.39, 0.29) is 29.2 Å². The van der Waals surface area contributed by atoms with Gasteiger partial charge in [-0.3, -0.25) is 14.6 Å². The normalized spacial score (nSPS) is 24.8. The van der Waals surface area contributed by atoms with Gasteiger partial charge in [-0.2, -0.15) is 18.4 Å². The number of piperidine rings is 1. The van der Waals surface area contributed by atoms with E-state index in [4.69, 9.17) is 4.74 Å². The van der Waals surface area contributed by atoms with Crippen molar-refractivity contribution in [3.63, 3.8) is 0 Å². The Bertz CT molecular complexity index is 1510. The summed E-state index contributed by atoms with van der Waals surface area (Å²) in [7, 11) is 1.71. The summed E-state index contributed by atoms with van der Waals surface area (Å²) in [6.07, 6.45) is 1.65. The lowest BCUT2D eigenvalue weighted by Gasteiger charge is -2.53. The summed E-state index contributed by atoms with van der Waals surface area (Å²) >= 11 is 0. The molecule has 0 unspecified atom stereocenters. The molecule has 2 aliphatic heterocycles. The Labute approximate surface area is 250 Å². The van der Waals surface area contributed by atoms with Crippen LogP contribution in [0.4, 0.5) is 13.2 Å². The Morgan fingerprint density at radius 1 is 1.19 bits per heavy atom. The van der Waals surface area contributed by atoms with Crippen LogP contribution in [0.1, 0.15) is 58.8 Å². The van der Waals surface area contributed by atoms with Crippen LogP contribution < -0.4 is 10.1 Å². The number of likely N-dealkylation sites (tertiary alicyclic amines) is 2. The van der Waals surface area contributed by atoms with Crippen molar-refractivity contribution < 1.29 is 22.7 Å². The largest absolute Gasteiger partial charge is 0.496 e. The molecule has 2 saturated heterocycles. The Kier molecular flexibility index (Phi) is 7.90. The minimum Gasteiger partial charge on any atom is -0.496 e. The monoisotopic (exact) mass is 593 g/mol. The van der Waals surface area contributed by atoms with Gasteiger partial charge in [0.15, 0.2) is 0 Å². The lowest BCUT2D eigenvalue weighted by molar-refractivity contribution is -0.158. The first-order chi connectivity index (χ1) is 20.6. The third-order valence-corrected chi connectivity index (χ3v) is 9.78. The zero-order valence-corrected chi connectivity index (χ0v) is 24.6. The molecule has 1 saturated carbocycles. The highest BCUT2D eigenvalue weighted by molar-refractivity contribution is 5.94. The molecule has 3 fully saturated rings. The molecule has 228 valence electrons. The number of fused-ring (bicyclic) bond motifs is 1. The molecule has 10 heteroatoms. The molecule has 1 atom stereocenters. The lowest BCUT2D eigenvalue weighted by Crippen LogP contribution is -2.54. The maximum absolute atomic E-state index is 12.9. The summed E-state index contributed by atoms with van der Waals surface area (Å²) in [4.78, 5) is 20.1. The van der Waals surface area contributed by atoms with E-state index in [2.05, 4.69) is 40.3 Å². The standard InChI is InChI=1S/C33H38F3N5O2/c1-21-11-29(43-2)27(26-7-9-38-30(21)26)19-41-10-8-32(12-22(13-32)15-37)14-28(41)24-3-5-25(6-4-24)31(42)39-16-23-17-40(18-23)20-33(34,35)36/h3-7,9,11,22-23,28,38H,8,10,12-14,16-20H2,1-2H3,(H,39,42)/t22?,28-,32?/m0/s1. The van der Waals surface area contributed by atoms with Gasteiger partial charge in [0.1, 0.15) is 5.75 Å². The number of carbonyl (C=O) groups excluding carboxylic acids is 1. The molecule has 1 aliphatic carbocycles. The lowest BCUT2D eigenvalue weighted by atomic mass is 9.56. The number of methoxy groups -OCH3 is 1. The molecule has 1 spiro atoms. The van der Waals surface area contributed by atoms with Gasteiger partial charge in [0.05, 0.1) is 19.7 Å². The van der Waals surface area contributed by atoms with Crippen molar-refractivity contribution in [2.24, 2.45) is 17.3 Å². The van der Waals surface area contributed by atoms with Crippen molar-refractivity contribution in [3.8, 4) is 11.8 Å². The fourth-order valence-corrected chi connectivity index (χ4v) is 7.51. The average molecular weight is 594 g/mol. The Morgan fingerprint density at radius 3 is 2.60 bits per heavy atom. The van der Waals surface area contributed by atoms with Gasteiger partial charge in [-0.1, -0.05) is 12.1 Å². The van der Waals surface area contributed by atoms with Crippen molar-refractivity contribution in [1.29, 1.82) is 5.26 Å². The molecule has 6 rings (SSSR count). The number of rotatable bonds is 8. The quantitative estimate of drug-likeness (QED) is 0.337. The van der Waals surface area contributed by atoms with E-state index in [9.17, 15) is 23.2 Å². The zero-order chi connectivity index (χ0) is 30.4. The minimum atomic E-state index is -4.19. The molecule has 2 aromatic carbocycles.